The molecule has 102 valence electrons. The number of rotatable bonds is 6. The van der Waals surface area contributed by atoms with Crippen LogP contribution in [0, 0.1) is 20.8 Å². The summed E-state index contributed by atoms with van der Waals surface area (Å²) in [7, 11) is 0. The van der Waals surface area contributed by atoms with Gasteiger partial charge in [0.25, 0.3) is 0 Å². The molecule has 18 heavy (non-hydrogen) atoms. The van der Waals surface area contributed by atoms with Crippen LogP contribution < -0.4 is 5.73 Å². The number of aryl methyl sites for hydroxylation is 2. The largest absolute Gasteiger partial charge is 0.480 e. The lowest BCUT2D eigenvalue weighted by molar-refractivity contribution is -0.143. The normalized spacial score (nSPS) is 14.5. The number of carbonyl (C=O) groups is 1. The molecule has 5 heteroatoms. The summed E-state index contributed by atoms with van der Waals surface area (Å²) in [6.45, 7) is 8.58. The highest BCUT2D eigenvalue weighted by Gasteiger charge is 2.31. The number of carboxylic acid groups (broad SMARTS) is 1. The highest BCUT2D eigenvalue weighted by Crippen LogP contribution is 2.17. The van der Waals surface area contributed by atoms with Crippen LogP contribution in [0.25, 0.3) is 0 Å². The van der Waals surface area contributed by atoms with Crippen LogP contribution >= 0.6 is 0 Å². The quantitative estimate of drug-likeness (QED) is 0.809. The van der Waals surface area contributed by atoms with Gasteiger partial charge in [0, 0.05) is 12.2 Å². The number of aliphatic carboxylic acids is 1. The van der Waals surface area contributed by atoms with Crippen molar-refractivity contribution in [3.8, 4) is 0 Å². The molecule has 1 heterocycles. The van der Waals surface area contributed by atoms with Crippen molar-refractivity contribution in [2.75, 3.05) is 0 Å². The molecule has 0 amide bonds. The highest BCUT2D eigenvalue weighted by molar-refractivity contribution is 5.78. The van der Waals surface area contributed by atoms with Crippen LogP contribution in [0.1, 0.15) is 43.1 Å². The molecule has 0 saturated carbocycles. The number of nitrogens with zero attached hydrogens (tertiary/aromatic N) is 2. The van der Waals surface area contributed by atoms with Crippen molar-refractivity contribution in [2.45, 2.75) is 59.0 Å². The Labute approximate surface area is 108 Å². The Morgan fingerprint density at radius 2 is 2.06 bits per heavy atom. The lowest BCUT2D eigenvalue weighted by Gasteiger charge is -2.22. The molecule has 0 aromatic carbocycles. The van der Waals surface area contributed by atoms with Gasteiger partial charge in [0.1, 0.15) is 5.54 Å². The van der Waals surface area contributed by atoms with Crippen LogP contribution in [0.4, 0.5) is 0 Å². The van der Waals surface area contributed by atoms with Crippen LogP contribution in [-0.2, 0) is 11.3 Å². The van der Waals surface area contributed by atoms with E-state index in [1.807, 2.05) is 32.4 Å². The molecule has 1 atom stereocenters. The maximum atomic E-state index is 11.1. The summed E-state index contributed by atoms with van der Waals surface area (Å²) in [4.78, 5) is 11.1. The standard InChI is InChI=1S/C13H23N3O2/c1-5-13(14,12(17)18)7-6-8-16-11(4)9(2)10(3)15-16/h5-8,14H2,1-4H3,(H,17,18). The zero-order chi connectivity index (χ0) is 13.9. The predicted octanol–water partition coefficient (Wildman–Crippen LogP) is 1.78. The molecule has 0 aliphatic carbocycles. The molecule has 0 spiro atoms. The third kappa shape index (κ3) is 2.90. The van der Waals surface area contributed by atoms with Crippen molar-refractivity contribution < 1.29 is 9.90 Å². The zero-order valence-corrected chi connectivity index (χ0v) is 11.7. The maximum absolute atomic E-state index is 11.1. The fraction of sp³-hybridized carbons (Fsp3) is 0.692. The topological polar surface area (TPSA) is 81.1 Å². The summed E-state index contributed by atoms with van der Waals surface area (Å²) in [6.07, 6.45) is 1.63. The van der Waals surface area contributed by atoms with Crippen LogP contribution in [0.2, 0.25) is 0 Å². The average molecular weight is 253 g/mol. The lowest BCUT2D eigenvalue weighted by Crippen LogP contribution is -2.47. The Morgan fingerprint density at radius 3 is 2.44 bits per heavy atom. The van der Waals surface area contributed by atoms with Crippen LogP contribution in [0.3, 0.4) is 0 Å². The SMILES string of the molecule is CCC(N)(CCCn1nc(C)c(C)c1C)C(=O)O. The molecule has 0 aliphatic rings. The van der Waals surface area contributed by atoms with Crippen molar-refractivity contribution >= 4 is 5.97 Å². The Morgan fingerprint density at radius 1 is 1.44 bits per heavy atom. The van der Waals surface area contributed by atoms with Gasteiger partial charge < -0.3 is 10.8 Å². The fourth-order valence-electron chi connectivity index (χ4n) is 1.98. The van der Waals surface area contributed by atoms with Gasteiger partial charge in [0.05, 0.1) is 5.69 Å². The minimum atomic E-state index is -1.11. The molecule has 1 unspecified atom stereocenters. The number of carboxylic acids is 1. The highest BCUT2D eigenvalue weighted by atomic mass is 16.4. The summed E-state index contributed by atoms with van der Waals surface area (Å²) in [5, 5.41) is 13.5. The van der Waals surface area contributed by atoms with E-state index in [4.69, 9.17) is 10.8 Å². The second-order valence-corrected chi connectivity index (χ2v) is 4.94. The first kappa shape index (κ1) is 14.7. The smallest absolute Gasteiger partial charge is 0.323 e. The van der Waals surface area contributed by atoms with Crippen molar-refractivity contribution in [3.63, 3.8) is 0 Å². The van der Waals surface area contributed by atoms with E-state index in [-0.39, 0.29) is 0 Å². The van der Waals surface area contributed by atoms with Gasteiger partial charge in [-0.2, -0.15) is 5.10 Å². The first-order chi connectivity index (χ1) is 8.31. The van der Waals surface area contributed by atoms with E-state index in [1.54, 1.807) is 0 Å². The first-order valence-electron chi connectivity index (χ1n) is 6.34. The number of hydrogen-bond acceptors (Lipinski definition) is 3. The zero-order valence-electron chi connectivity index (χ0n) is 11.7. The molecule has 0 bridgehead atoms. The maximum Gasteiger partial charge on any atom is 0.323 e. The van der Waals surface area contributed by atoms with E-state index in [9.17, 15) is 4.79 Å². The molecule has 1 rings (SSSR count). The number of nitrogens with two attached hydrogens (primary N) is 1. The molecule has 0 fully saturated rings. The van der Waals surface area contributed by atoms with E-state index in [0.29, 0.717) is 19.4 Å². The molecular weight excluding hydrogens is 230 g/mol. The monoisotopic (exact) mass is 253 g/mol. The molecule has 3 N–H and O–H groups in total. The molecule has 1 aromatic rings. The van der Waals surface area contributed by atoms with E-state index in [1.165, 1.54) is 5.56 Å². The Bertz CT molecular complexity index is 440. The van der Waals surface area contributed by atoms with Gasteiger partial charge in [-0.25, -0.2) is 0 Å². The van der Waals surface area contributed by atoms with Gasteiger partial charge in [-0.1, -0.05) is 6.92 Å². The summed E-state index contributed by atoms with van der Waals surface area (Å²) in [5.41, 5.74) is 8.11. The average Bonchev–Trinajstić information content (AvgIpc) is 2.56. The summed E-state index contributed by atoms with van der Waals surface area (Å²) >= 11 is 0. The Kier molecular flexibility index (Phi) is 4.51. The molecule has 0 radical (unpaired) electrons. The minimum Gasteiger partial charge on any atom is -0.480 e. The van der Waals surface area contributed by atoms with Crippen LogP contribution in [0.15, 0.2) is 0 Å². The molecule has 0 aliphatic heterocycles. The Balaban J connectivity index is 2.61. The third-order valence-corrected chi connectivity index (χ3v) is 3.79. The summed E-state index contributed by atoms with van der Waals surface area (Å²) in [6, 6.07) is 0. The van der Waals surface area contributed by atoms with Crippen LogP contribution in [-0.4, -0.2) is 26.4 Å². The van der Waals surface area contributed by atoms with E-state index < -0.39 is 11.5 Å². The molecule has 0 saturated heterocycles. The molecular formula is C13H23N3O2. The molecule has 1 aromatic heterocycles. The van der Waals surface area contributed by atoms with Crippen molar-refractivity contribution in [1.82, 2.24) is 9.78 Å². The van der Waals surface area contributed by atoms with Gasteiger partial charge in [-0.05, 0) is 45.6 Å². The predicted molar refractivity (Wildman–Crippen MR) is 70.5 cm³/mol. The second kappa shape index (κ2) is 5.52. The van der Waals surface area contributed by atoms with E-state index in [0.717, 1.165) is 17.8 Å². The van der Waals surface area contributed by atoms with Gasteiger partial charge >= 0.3 is 5.97 Å². The minimum absolute atomic E-state index is 0.443. The van der Waals surface area contributed by atoms with E-state index in [2.05, 4.69) is 5.10 Å². The van der Waals surface area contributed by atoms with Crippen LogP contribution in [0.5, 0.6) is 0 Å². The van der Waals surface area contributed by atoms with Crippen molar-refractivity contribution in [2.24, 2.45) is 5.73 Å². The van der Waals surface area contributed by atoms with Gasteiger partial charge in [-0.3, -0.25) is 9.48 Å². The van der Waals surface area contributed by atoms with Gasteiger partial charge in [0.2, 0.25) is 0 Å². The summed E-state index contributed by atoms with van der Waals surface area (Å²) in [5.74, 6) is -0.922. The van der Waals surface area contributed by atoms with Gasteiger partial charge in [-0.15, -0.1) is 0 Å². The summed E-state index contributed by atoms with van der Waals surface area (Å²) < 4.78 is 1.93. The third-order valence-electron chi connectivity index (χ3n) is 3.79. The second-order valence-electron chi connectivity index (χ2n) is 4.94. The first-order valence-corrected chi connectivity index (χ1v) is 6.34. The number of aromatic nitrogens is 2. The van der Waals surface area contributed by atoms with Gasteiger partial charge in [0.15, 0.2) is 0 Å². The van der Waals surface area contributed by atoms with E-state index >= 15 is 0 Å². The lowest BCUT2D eigenvalue weighted by atomic mass is 9.92. The van der Waals surface area contributed by atoms with Crippen molar-refractivity contribution in [1.29, 1.82) is 0 Å². The fourth-order valence-corrected chi connectivity index (χ4v) is 1.98. The molecule has 5 nitrogen and oxygen atoms in total. The van der Waals surface area contributed by atoms with Crippen molar-refractivity contribution in [3.05, 3.63) is 17.0 Å². The number of hydrogen-bond donors (Lipinski definition) is 2. The Hall–Kier alpha value is -1.36.